The van der Waals surface area contributed by atoms with Crippen LogP contribution in [0.4, 0.5) is 0 Å². The molecule has 1 aromatic rings. The Balaban J connectivity index is 1.97. The van der Waals surface area contributed by atoms with Gasteiger partial charge in [-0.1, -0.05) is 18.5 Å². The van der Waals surface area contributed by atoms with Gasteiger partial charge in [0.15, 0.2) is 0 Å². The number of nitrogens with one attached hydrogen (secondary N) is 1. The Morgan fingerprint density at radius 2 is 2.15 bits per heavy atom. The maximum atomic E-state index is 12.5. The lowest BCUT2D eigenvalue weighted by Crippen LogP contribution is -2.48. The third kappa shape index (κ3) is 5.18. The monoisotopic (exact) mass is 421 g/mol. The molecular formula is C16H24ClN3O4S2. The van der Waals surface area contributed by atoms with Crippen LogP contribution in [0.5, 0.6) is 0 Å². The second-order valence-corrected chi connectivity index (χ2v) is 10.3. The highest BCUT2D eigenvalue weighted by Crippen LogP contribution is 2.27. The number of hydrogen-bond acceptors (Lipinski definition) is 5. The number of likely N-dealkylation sites (N-methyl/N-ethyl adjacent to an activating group) is 1. The van der Waals surface area contributed by atoms with Gasteiger partial charge in [0.1, 0.15) is 4.21 Å². The first-order chi connectivity index (χ1) is 12.3. The second kappa shape index (κ2) is 9.16. The Bertz CT molecular complexity index is 750. The van der Waals surface area contributed by atoms with E-state index in [4.69, 9.17) is 11.6 Å². The fraction of sp³-hybridized carbons (Fsp3) is 0.625. The molecule has 7 nitrogen and oxygen atoms in total. The van der Waals surface area contributed by atoms with Gasteiger partial charge in [0.25, 0.3) is 10.0 Å². The van der Waals surface area contributed by atoms with Crippen LogP contribution in [0.3, 0.4) is 0 Å². The van der Waals surface area contributed by atoms with E-state index < -0.39 is 10.0 Å². The molecule has 1 aliphatic rings. The number of nitrogens with zero attached hydrogens (tertiary/aromatic N) is 2. The zero-order valence-corrected chi connectivity index (χ0v) is 17.3. The molecule has 0 aromatic carbocycles. The van der Waals surface area contributed by atoms with Crippen LogP contribution in [0.15, 0.2) is 16.3 Å². The highest BCUT2D eigenvalue weighted by molar-refractivity contribution is 7.91. The van der Waals surface area contributed by atoms with Crippen molar-refractivity contribution < 1.29 is 18.0 Å². The molecule has 0 saturated carbocycles. The molecule has 0 aliphatic carbocycles. The number of likely N-dealkylation sites (tertiary alicyclic amines) is 1. The van der Waals surface area contributed by atoms with Crippen LogP contribution in [0.1, 0.15) is 26.2 Å². The molecule has 26 heavy (non-hydrogen) atoms. The van der Waals surface area contributed by atoms with Gasteiger partial charge in [0.05, 0.1) is 16.8 Å². The quantitative estimate of drug-likeness (QED) is 0.727. The standard InChI is InChI=1S/C16H24ClN3O4S2/c1-3-8-18-16(22)12-5-4-9-20(10-12)14(21)11-19(2)26(23,24)15-7-6-13(17)25-15/h6-7,12H,3-5,8-11H2,1-2H3,(H,18,22). The van der Waals surface area contributed by atoms with Crippen LogP contribution in [-0.2, 0) is 19.6 Å². The number of rotatable bonds is 7. The molecule has 0 bridgehead atoms. The lowest BCUT2D eigenvalue weighted by molar-refractivity contribution is -0.135. The summed E-state index contributed by atoms with van der Waals surface area (Å²) >= 11 is 6.76. The van der Waals surface area contributed by atoms with Gasteiger partial charge in [0.2, 0.25) is 11.8 Å². The van der Waals surface area contributed by atoms with E-state index in [1.807, 2.05) is 6.92 Å². The molecule has 2 rings (SSSR count). The van der Waals surface area contributed by atoms with E-state index in [9.17, 15) is 18.0 Å². The van der Waals surface area contributed by atoms with Crippen LogP contribution in [0, 0.1) is 5.92 Å². The second-order valence-electron chi connectivity index (χ2n) is 6.29. The summed E-state index contributed by atoms with van der Waals surface area (Å²) in [6.07, 6.45) is 2.32. The SMILES string of the molecule is CCCNC(=O)C1CCCN(C(=O)CN(C)S(=O)(=O)c2ccc(Cl)s2)C1. The largest absolute Gasteiger partial charge is 0.356 e. The first-order valence-electron chi connectivity index (χ1n) is 8.53. The van der Waals surface area contributed by atoms with Crippen molar-refractivity contribution in [3.63, 3.8) is 0 Å². The van der Waals surface area contributed by atoms with Gasteiger partial charge >= 0.3 is 0 Å². The van der Waals surface area contributed by atoms with E-state index in [0.29, 0.717) is 24.0 Å². The van der Waals surface area contributed by atoms with Crippen LogP contribution >= 0.6 is 22.9 Å². The number of halogens is 1. The third-order valence-electron chi connectivity index (χ3n) is 4.27. The topological polar surface area (TPSA) is 86.8 Å². The summed E-state index contributed by atoms with van der Waals surface area (Å²) < 4.78 is 26.5. The Morgan fingerprint density at radius 1 is 1.42 bits per heavy atom. The Kier molecular flexibility index (Phi) is 7.45. The van der Waals surface area contributed by atoms with Gasteiger partial charge in [-0.2, -0.15) is 4.31 Å². The highest BCUT2D eigenvalue weighted by Gasteiger charge is 2.31. The molecule has 1 saturated heterocycles. The maximum absolute atomic E-state index is 12.5. The molecule has 1 unspecified atom stereocenters. The summed E-state index contributed by atoms with van der Waals surface area (Å²) in [5.74, 6) is -0.581. The predicted molar refractivity (Wildman–Crippen MR) is 102 cm³/mol. The number of amides is 2. The third-order valence-corrected chi connectivity index (χ3v) is 7.77. The fourth-order valence-corrected chi connectivity index (χ4v) is 5.59. The van der Waals surface area contributed by atoms with Gasteiger partial charge in [-0.15, -0.1) is 11.3 Å². The predicted octanol–water partition coefficient (Wildman–Crippen LogP) is 1.79. The van der Waals surface area contributed by atoms with E-state index >= 15 is 0 Å². The Morgan fingerprint density at radius 3 is 2.77 bits per heavy atom. The molecule has 1 fully saturated rings. The van der Waals surface area contributed by atoms with E-state index in [1.54, 1.807) is 4.90 Å². The van der Waals surface area contributed by atoms with Crippen molar-refractivity contribution >= 4 is 44.8 Å². The highest BCUT2D eigenvalue weighted by atomic mass is 35.5. The Hall–Kier alpha value is -1.16. The van der Waals surface area contributed by atoms with Crippen molar-refractivity contribution in [2.45, 2.75) is 30.4 Å². The van der Waals surface area contributed by atoms with Crippen molar-refractivity contribution in [1.29, 1.82) is 0 Å². The summed E-state index contributed by atoms with van der Waals surface area (Å²) in [5.41, 5.74) is 0. The average molecular weight is 422 g/mol. The zero-order valence-electron chi connectivity index (χ0n) is 14.9. The zero-order chi connectivity index (χ0) is 19.3. The van der Waals surface area contributed by atoms with Crippen molar-refractivity contribution in [3.8, 4) is 0 Å². The van der Waals surface area contributed by atoms with E-state index in [0.717, 1.165) is 34.9 Å². The van der Waals surface area contributed by atoms with Crippen molar-refractivity contribution in [2.75, 3.05) is 33.2 Å². The van der Waals surface area contributed by atoms with Gasteiger partial charge in [-0.05, 0) is 31.4 Å². The summed E-state index contributed by atoms with van der Waals surface area (Å²) in [7, 11) is -2.38. The van der Waals surface area contributed by atoms with Crippen LogP contribution in [-0.4, -0.2) is 62.7 Å². The van der Waals surface area contributed by atoms with Gasteiger partial charge < -0.3 is 10.2 Å². The molecule has 1 aliphatic heterocycles. The van der Waals surface area contributed by atoms with Gasteiger partial charge in [-0.25, -0.2) is 8.42 Å². The maximum Gasteiger partial charge on any atom is 0.252 e. The summed E-state index contributed by atoms with van der Waals surface area (Å²) in [6, 6.07) is 2.94. The normalized spacial score (nSPS) is 18.2. The molecule has 1 N–H and O–H groups in total. The molecule has 0 radical (unpaired) electrons. The fourth-order valence-electron chi connectivity index (χ4n) is 2.78. The minimum Gasteiger partial charge on any atom is -0.356 e. The van der Waals surface area contributed by atoms with Crippen molar-refractivity contribution in [1.82, 2.24) is 14.5 Å². The number of carbonyl (C=O) groups is 2. The molecule has 2 heterocycles. The van der Waals surface area contributed by atoms with Crippen LogP contribution in [0.25, 0.3) is 0 Å². The van der Waals surface area contributed by atoms with E-state index in [-0.39, 0.29) is 28.5 Å². The molecule has 2 amide bonds. The number of carbonyl (C=O) groups excluding carboxylic acids is 2. The molecular weight excluding hydrogens is 398 g/mol. The lowest BCUT2D eigenvalue weighted by Gasteiger charge is -2.33. The number of hydrogen-bond donors (Lipinski definition) is 1. The number of thiophene rings is 1. The molecule has 146 valence electrons. The first-order valence-corrected chi connectivity index (χ1v) is 11.2. The number of sulfonamides is 1. The summed E-state index contributed by atoms with van der Waals surface area (Å²) in [5, 5.41) is 2.86. The molecule has 0 spiro atoms. The number of piperidine rings is 1. The minimum atomic E-state index is -3.75. The van der Waals surface area contributed by atoms with Gasteiger partial charge in [-0.3, -0.25) is 9.59 Å². The summed E-state index contributed by atoms with van der Waals surface area (Å²) in [4.78, 5) is 26.2. The van der Waals surface area contributed by atoms with Crippen LogP contribution in [0.2, 0.25) is 4.34 Å². The first kappa shape index (κ1) is 21.1. The smallest absolute Gasteiger partial charge is 0.252 e. The molecule has 1 atom stereocenters. The Labute approximate surface area is 163 Å². The lowest BCUT2D eigenvalue weighted by atomic mass is 9.97. The van der Waals surface area contributed by atoms with Crippen LogP contribution < -0.4 is 5.32 Å². The van der Waals surface area contributed by atoms with Crippen molar-refractivity contribution in [3.05, 3.63) is 16.5 Å². The van der Waals surface area contributed by atoms with Gasteiger partial charge in [0, 0.05) is 26.7 Å². The van der Waals surface area contributed by atoms with Crippen molar-refractivity contribution in [2.24, 2.45) is 5.92 Å². The van der Waals surface area contributed by atoms with E-state index in [1.165, 1.54) is 19.2 Å². The molecule has 1 aromatic heterocycles. The minimum absolute atomic E-state index is 0.0430. The molecule has 10 heteroatoms. The summed E-state index contributed by atoms with van der Waals surface area (Å²) in [6.45, 7) is 3.20. The van der Waals surface area contributed by atoms with E-state index in [2.05, 4.69) is 5.32 Å². The average Bonchev–Trinajstić information content (AvgIpc) is 3.06.